The van der Waals surface area contributed by atoms with Gasteiger partial charge in [0.25, 0.3) is 0 Å². The van der Waals surface area contributed by atoms with Crippen LogP contribution in [0.1, 0.15) is 39.7 Å². The second kappa shape index (κ2) is 7.74. The van der Waals surface area contributed by atoms with Crippen LogP contribution in [-0.4, -0.2) is 37.5 Å². The van der Waals surface area contributed by atoms with Crippen molar-refractivity contribution in [3.05, 3.63) is 28.2 Å². The van der Waals surface area contributed by atoms with E-state index >= 15 is 0 Å². The molecule has 1 aromatic rings. The fraction of sp³-hybridized carbons (Fsp3) is 0.556. The lowest BCUT2D eigenvalue weighted by Crippen LogP contribution is -2.48. The third-order valence-corrected chi connectivity index (χ3v) is 4.16. The molecule has 0 aliphatic carbocycles. The molecule has 1 aliphatic rings. The van der Waals surface area contributed by atoms with Gasteiger partial charge in [0, 0.05) is 10.2 Å². The lowest BCUT2D eigenvalue weighted by atomic mass is 9.76. The van der Waals surface area contributed by atoms with Crippen LogP contribution in [0.5, 0.6) is 0 Å². The summed E-state index contributed by atoms with van der Waals surface area (Å²) in [7, 11) is 0. The molecule has 1 heterocycles. The van der Waals surface area contributed by atoms with E-state index < -0.39 is 17.1 Å². The molecule has 25 heavy (non-hydrogen) atoms. The van der Waals surface area contributed by atoms with Crippen LogP contribution in [0.15, 0.2) is 22.7 Å². The summed E-state index contributed by atoms with van der Waals surface area (Å²) in [4.78, 5) is 23.9. The van der Waals surface area contributed by atoms with Gasteiger partial charge in [0.05, 0.1) is 31.7 Å². The van der Waals surface area contributed by atoms with Crippen molar-refractivity contribution in [2.24, 2.45) is 0 Å². The van der Waals surface area contributed by atoms with Gasteiger partial charge in [0.15, 0.2) is 0 Å². The third-order valence-electron chi connectivity index (χ3n) is 3.70. The van der Waals surface area contributed by atoms with Crippen LogP contribution in [0.25, 0.3) is 0 Å². The smallest absolute Gasteiger partial charge is 0.412 e. The molecule has 1 amide bonds. The Bertz CT molecular complexity index is 649. The summed E-state index contributed by atoms with van der Waals surface area (Å²) >= 11 is 3.46. The lowest BCUT2D eigenvalue weighted by molar-refractivity contribution is -0.151. The number of carbonyl (C=O) groups is 2. The van der Waals surface area contributed by atoms with Crippen LogP contribution in [-0.2, 0) is 24.4 Å². The molecule has 2 rings (SSSR count). The molecule has 138 valence electrons. The van der Waals surface area contributed by atoms with Crippen LogP contribution in [0.2, 0.25) is 0 Å². The summed E-state index contributed by atoms with van der Waals surface area (Å²) < 4.78 is 16.5. The highest BCUT2D eigenvalue weighted by Crippen LogP contribution is 2.38. The van der Waals surface area contributed by atoms with Gasteiger partial charge in [-0.25, -0.2) is 4.79 Å². The van der Waals surface area contributed by atoms with E-state index in [9.17, 15) is 9.59 Å². The fourth-order valence-corrected chi connectivity index (χ4v) is 3.09. The van der Waals surface area contributed by atoms with E-state index in [-0.39, 0.29) is 12.4 Å². The SMILES string of the molecule is CCOC(=O)CC1(c2cc(Br)cc(NC(=O)OC(C)(C)C)c2)COC1. The molecule has 0 unspecified atom stereocenters. The number of ether oxygens (including phenoxy) is 3. The molecule has 0 atom stereocenters. The molecular formula is C18H24BrNO5. The van der Waals surface area contributed by atoms with Crippen molar-refractivity contribution in [1.82, 2.24) is 0 Å². The van der Waals surface area contributed by atoms with Crippen molar-refractivity contribution in [2.45, 2.75) is 45.1 Å². The van der Waals surface area contributed by atoms with Gasteiger partial charge in [0.1, 0.15) is 5.60 Å². The van der Waals surface area contributed by atoms with Crippen LogP contribution in [0.4, 0.5) is 10.5 Å². The molecule has 0 bridgehead atoms. The molecule has 1 N–H and O–H groups in total. The largest absolute Gasteiger partial charge is 0.466 e. The number of benzene rings is 1. The van der Waals surface area contributed by atoms with Gasteiger partial charge >= 0.3 is 12.1 Å². The van der Waals surface area contributed by atoms with Crippen molar-refractivity contribution in [2.75, 3.05) is 25.1 Å². The van der Waals surface area contributed by atoms with Crippen molar-refractivity contribution in [3.63, 3.8) is 0 Å². The molecule has 0 aromatic heterocycles. The number of halogens is 1. The number of anilines is 1. The van der Waals surface area contributed by atoms with Gasteiger partial charge in [-0.15, -0.1) is 0 Å². The van der Waals surface area contributed by atoms with Crippen molar-refractivity contribution in [1.29, 1.82) is 0 Å². The first kappa shape index (κ1) is 19.7. The van der Waals surface area contributed by atoms with E-state index in [1.54, 1.807) is 33.8 Å². The minimum Gasteiger partial charge on any atom is -0.466 e. The van der Waals surface area contributed by atoms with Gasteiger partial charge < -0.3 is 14.2 Å². The van der Waals surface area contributed by atoms with Gasteiger partial charge in [-0.1, -0.05) is 15.9 Å². The molecule has 1 aromatic carbocycles. The van der Waals surface area contributed by atoms with Crippen molar-refractivity contribution >= 4 is 33.7 Å². The monoisotopic (exact) mass is 413 g/mol. The Morgan fingerprint density at radius 2 is 1.96 bits per heavy atom. The average Bonchev–Trinajstić information content (AvgIpc) is 2.40. The Kier molecular flexibility index (Phi) is 6.11. The second-order valence-corrected chi connectivity index (χ2v) is 8.03. The molecule has 7 heteroatoms. The Labute approximate surface area is 156 Å². The first-order valence-corrected chi connectivity index (χ1v) is 8.97. The zero-order valence-electron chi connectivity index (χ0n) is 15.0. The van der Waals surface area contributed by atoms with E-state index in [0.29, 0.717) is 25.5 Å². The topological polar surface area (TPSA) is 73.9 Å². The summed E-state index contributed by atoms with van der Waals surface area (Å²) in [5.74, 6) is -0.257. The van der Waals surface area contributed by atoms with E-state index in [4.69, 9.17) is 14.2 Å². The lowest BCUT2D eigenvalue weighted by Gasteiger charge is -2.41. The molecular weight excluding hydrogens is 390 g/mol. The number of rotatable bonds is 5. The molecule has 0 radical (unpaired) electrons. The van der Waals surface area contributed by atoms with E-state index in [1.165, 1.54) is 0 Å². The normalized spacial score (nSPS) is 15.9. The molecule has 6 nitrogen and oxygen atoms in total. The Balaban J connectivity index is 2.19. The minimum absolute atomic E-state index is 0.239. The van der Waals surface area contributed by atoms with Crippen molar-refractivity contribution in [3.8, 4) is 0 Å². The molecule has 1 saturated heterocycles. The fourth-order valence-electron chi connectivity index (χ4n) is 2.60. The number of esters is 1. The minimum atomic E-state index is -0.578. The number of hydrogen-bond acceptors (Lipinski definition) is 5. The van der Waals surface area contributed by atoms with E-state index in [1.807, 2.05) is 12.1 Å². The first-order chi connectivity index (χ1) is 11.6. The maximum atomic E-state index is 12.0. The van der Waals surface area contributed by atoms with Gasteiger partial charge in [-0.05, 0) is 51.5 Å². The van der Waals surface area contributed by atoms with E-state index in [2.05, 4.69) is 21.2 Å². The zero-order chi connectivity index (χ0) is 18.7. The number of carbonyl (C=O) groups excluding carboxylic acids is 2. The number of amides is 1. The van der Waals surface area contributed by atoms with Gasteiger partial charge in [-0.2, -0.15) is 0 Å². The summed E-state index contributed by atoms with van der Waals surface area (Å²) in [6.07, 6.45) is -0.288. The van der Waals surface area contributed by atoms with Crippen LogP contribution < -0.4 is 5.32 Å². The molecule has 1 aliphatic heterocycles. The molecule has 0 spiro atoms. The Hall–Kier alpha value is -1.60. The van der Waals surface area contributed by atoms with E-state index in [0.717, 1.165) is 10.0 Å². The quantitative estimate of drug-likeness (QED) is 0.737. The van der Waals surface area contributed by atoms with Crippen LogP contribution >= 0.6 is 15.9 Å². The van der Waals surface area contributed by atoms with Gasteiger partial charge in [0.2, 0.25) is 0 Å². The molecule has 0 saturated carbocycles. The van der Waals surface area contributed by atoms with Crippen LogP contribution in [0.3, 0.4) is 0 Å². The van der Waals surface area contributed by atoms with Crippen molar-refractivity contribution < 1.29 is 23.8 Å². The first-order valence-electron chi connectivity index (χ1n) is 8.18. The summed E-state index contributed by atoms with van der Waals surface area (Å²) in [5.41, 5.74) is 0.493. The summed E-state index contributed by atoms with van der Waals surface area (Å²) in [5, 5.41) is 2.73. The number of hydrogen-bond donors (Lipinski definition) is 1. The maximum absolute atomic E-state index is 12.0. The highest BCUT2D eigenvalue weighted by Gasteiger charge is 2.43. The zero-order valence-corrected chi connectivity index (χ0v) is 16.6. The Morgan fingerprint density at radius 1 is 1.28 bits per heavy atom. The van der Waals surface area contributed by atoms with Crippen LogP contribution in [0, 0.1) is 0 Å². The highest BCUT2D eigenvalue weighted by atomic mass is 79.9. The Morgan fingerprint density at radius 3 is 2.48 bits per heavy atom. The average molecular weight is 414 g/mol. The predicted molar refractivity (Wildman–Crippen MR) is 97.7 cm³/mol. The third kappa shape index (κ3) is 5.44. The van der Waals surface area contributed by atoms with Gasteiger partial charge in [-0.3, -0.25) is 10.1 Å². The maximum Gasteiger partial charge on any atom is 0.412 e. The standard InChI is InChI=1S/C18H24BrNO5/c1-5-24-15(21)9-18(10-23-11-18)12-6-13(19)8-14(7-12)20-16(22)25-17(2,3)4/h6-8H,5,9-11H2,1-4H3,(H,20,22). The summed E-state index contributed by atoms with van der Waals surface area (Å²) in [6.45, 7) is 8.42. The second-order valence-electron chi connectivity index (χ2n) is 7.11. The molecule has 1 fully saturated rings. The highest BCUT2D eigenvalue weighted by molar-refractivity contribution is 9.10. The number of nitrogens with one attached hydrogen (secondary N) is 1. The summed E-state index contributed by atoms with van der Waals surface area (Å²) in [6, 6.07) is 5.56. The predicted octanol–water partition coefficient (Wildman–Crippen LogP) is 4.02.